The van der Waals surface area contributed by atoms with E-state index in [2.05, 4.69) is 10.6 Å². The summed E-state index contributed by atoms with van der Waals surface area (Å²) >= 11 is 0. The van der Waals surface area contributed by atoms with Crippen molar-refractivity contribution in [2.45, 2.75) is 39.8 Å². The van der Waals surface area contributed by atoms with E-state index in [4.69, 9.17) is 14.2 Å². The number of amides is 2. The Morgan fingerprint density at radius 3 is 2.60 bits per heavy atom. The van der Waals surface area contributed by atoms with E-state index in [0.717, 1.165) is 0 Å². The molecule has 0 radical (unpaired) electrons. The van der Waals surface area contributed by atoms with Gasteiger partial charge in [0.15, 0.2) is 11.5 Å². The van der Waals surface area contributed by atoms with E-state index in [1.165, 1.54) is 0 Å². The number of hydrogen-bond acceptors (Lipinski definition) is 5. The molecule has 136 valence electrons. The van der Waals surface area contributed by atoms with Crippen molar-refractivity contribution in [3.63, 3.8) is 0 Å². The quantitative estimate of drug-likeness (QED) is 0.772. The highest BCUT2D eigenvalue weighted by molar-refractivity contribution is 5.95. The van der Waals surface area contributed by atoms with E-state index in [1.807, 2.05) is 6.92 Å². The van der Waals surface area contributed by atoms with Crippen LogP contribution in [0.3, 0.4) is 0 Å². The second kappa shape index (κ2) is 7.92. The van der Waals surface area contributed by atoms with Crippen LogP contribution >= 0.6 is 0 Å². The van der Waals surface area contributed by atoms with Crippen LogP contribution in [-0.4, -0.2) is 31.8 Å². The minimum atomic E-state index is -0.634. The molecule has 7 heteroatoms. The molecule has 0 aromatic heterocycles. The predicted molar refractivity (Wildman–Crippen MR) is 92.5 cm³/mol. The number of ether oxygens (including phenoxy) is 3. The van der Waals surface area contributed by atoms with Gasteiger partial charge < -0.3 is 24.8 Å². The van der Waals surface area contributed by atoms with Crippen LogP contribution in [0.1, 0.15) is 39.3 Å². The Hall–Kier alpha value is -2.70. The number of hydrogen-bond donors (Lipinski definition) is 2. The van der Waals surface area contributed by atoms with Gasteiger partial charge in [-0.25, -0.2) is 9.59 Å². The molecule has 0 saturated heterocycles. The molecule has 0 spiro atoms. The summed E-state index contributed by atoms with van der Waals surface area (Å²) in [5.74, 6) is 0.654. The number of esters is 1. The number of methoxy groups -OCH3 is 1. The Morgan fingerprint density at radius 2 is 2.00 bits per heavy atom. The van der Waals surface area contributed by atoms with Crippen molar-refractivity contribution in [2.75, 3.05) is 13.7 Å². The van der Waals surface area contributed by atoms with Crippen LogP contribution in [0.15, 0.2) is 29.5 Å². The first-order valence-corrected chi connectivity index (χ1v) is 8.17. The maximum atomic E-state index is 12.5. The SMILES string of the molecule is CCOc1cc([C@H]2NC(=O)NC(C)=C2C(=O)OC(C)C)ccc1OC. The zero-order valence-electron chi connectivity index (χ0n) is 15.1. The van der Waals surface area contributed by atoms with Crippen molar-refractivity contribution >= 4 is 12.0 Å². The van der Waals surface area contributed by atoms with Crippen molar-refractivity contribution in [3.8, 4) is 11.5 Å². The molecule has 1 aliphatic rings. The standard InChI is InChI=1S/C18H24N2O5/c1-6-24-14-9-12(7-8-13(14)23-5)16-15(17(21)25-10(2)3)11(4)19-18(22)20-16/h7-10,16H,6H2,1-5H3,(H2,19,20,22)/t16-/m1/s1. The van der Waals surface area contributed by atoms with E-state index in [0.29, 0.717) is 34.9 Å². The highest BCUT2D eigenvalue weighted by Gasteiger charge is 2.33. The monoisotopic (exact) mass is 348 g/mol. The lowest BCUT2D eigenvalue weighted by atomic mass is 9.95. The summed E-state index contributed by atoms with van der Waals surface area (Å²) < 4.78 is 16.2. The van der Waals surface area contributed by atoms with Gasteiger partial charge in [-0.05, 0) is 45.4 Å². The van der Waals surface area contributed by atoms with Crippen molar-refractivity contribution in [2.24, 2.45) is 0 Å². The maximum Gasteiger partial charge on any atom is 0.338 e. The Labute approximate surface area is 147 Å². The van der Waals surface area contributed by atoms with Gasteiger partial charge in [0.2, 0.25) is 0 Å². The number of allylic oxidation sites excluding steroid dienone is 1. The predicted octanol–water partition coefficient (Wildman–Crippen LogP) is 2.67. The highest BCUT2D eigenvalue weighted by Crippen LogP contribution is 2.34. The molecule has 1 aromatic rings. The fourth-order valence-corrected chi connectivity index (χ4v) is 2.63. The van der Waals surface area contributed by atoms with E-state index in [1.54, 1.807) is 46.1 Å². The molecule has 0 bridgehead atoms. The molecule has 0 unspecified atom stereocenters. The van der Waals surface area contributed by atoms with Crippen molar-refractivity contribution in [1.29, 1.82) is 0 Å². The van der Waals surface area contributed by atoms with Gasteiger partial charge in [-0.3, -0.25) is 0 Å². The van der Waals surface area contributed by atoms with Crippen molar-refractivity contribution in [3.05, 3.63) is 35.0 Å². The minimum absolute atomic E-state index is 0.263. The molecular weight excluding hydrogens is 324 g/mol. The Balaban J connectivity index is 2.46. The third-order valence-electron chi connectivity index (χ3n) is 3.65. The van der Waals surface area contributed by atoms with Gasteiger partial charge in [0, 0.05) is 5.70 Å². The number of nitrogens with one attached hydrogen (secondary N) is 2. The summed E-state index contributed by atoms with van der Waals surface area (Å²) in [7, 11) is 1.55. The molecule has 0 aliphatic carbocycles. The normalized spacial score (nSPS) is 17.0. The van der Waals surface area contributed by atoms with Crippen LogP contribution in [-0.2, 0) is 9.53 Å². The van der Waals surface area contributed by atoms with Crippen molar-refractivity contribution in [1.82, 2.24) is 10.6 Å². The molecule has 1 aliphatic heterocycles. The van der Waals surface area contributed by atoms with Gasteiger partial charge in [0.1, 0.15) is 0 Å². The van der Waals surface area contributed by atoms with Crippen LogP contribution in [0.5, 0.6) is 11.5 Å². The Bertz CT molecular complexity index is 697. The average Bonchev–Trinajstić information content (AvgIpc) is 2.53. The van der Waals surface area contributed by atoms with E-state index >= 15 is 0 Å². The van der Waals surface area contributed by atoms with Crippen LogP contribution in [0, 0.1) is 0 Å². The fraction of sp³-hybridized carbons (Fsp3) is 0.444. The summed E-state index contributed by atoms with van der Waals surface area (Å²) in [6, 6.07) is 4.28. The van der Waals surface area contributed by atoms with Gasteiger partial charge >= 0.3 is 12.0 Å². The lowest BCUT2D eigenvalue weighted by Gasteiger charge is -2.29. The smallest absolute Gasteiger partial charge is 0.338 e. The molecule has 0 saturated carbocycles. The molecule has 25 heavy (non-hydrogen) atoms. The van der Waals surface area contributed by atoms with Crippen LogP contribution in [0.2, 0.25) is 0 Å². The second-order valence-electron chi connectivity index (χ2n) is 5.87. The lowest BCUT2D eigenvalue weighted by Crippen LogP contribution is -2.45. The zero-order valence-corrected chi connectivity index (χ0v) is 15.1. The molecule has 7 nitrogen and oxygen atoms in total. The molecule has 2 amide bonds. The van der Waals surface area contributed by atoms with E-state index in [9.17, 15) is 9.59 Å². The Morgan fingerprint density at radius 1 is 1.28 bits per heavy atom. The molecule has 1 heterocycles. The fourth-order valence-electron chi connectivity index (χ4n) is 2.63. The highest BCUT2D eigenvalue weighted by atomic mass is 16.5. The number of rotatable bonds is 6. The summed E-state index contributed by atoms with van der Waals surface area (Å²) in [4.78, 5) is 24.4. The topological polar surface area (TPSA) is 85.9 Å². The number of carbonyl (C=O) groups excluding carboxylic acids is 2. The molecule has 1 atom stereocenters. The summed E-state index contributed by atoms with van der Waals surface area (Å²) in [6.45, 7) is 7.56. The Kier molecular flexibility index (Phi) is 5.90. The zero-order chi connectivity index (χ0) is 18.6. The van der Waals surface area contributed by atoms with Crippen LogP contribution in [0.4, 0.5) is 4.79 Å². The first-order chi connectivity index (χ1) is 11.9. The van der Waals surface area contributed by atoms with Gasteiger partial charge in [0.25, 0.3) is 0 Å². The van der Waals surface area contributed by atoms with Crippen LogP contribution in [0.25, 0.3) is 0 Å². The summed E-state index contributed by atoms with van der Waals surface area (Å²) in [5, 5.41) is 5.39. The number of urea groups is 1. The summed E-state index contributed by atoms with van der Waals surface area (Å²) in [5.41, 5.74) is 1.53. The third kappa shape index (κ3) is 4.23. The number of carbonyl (C=O) groups is 2. The maximum absolute atomic E-state index is 12.5. The van der Waals surface area contributed by atoms with Gasteiger partial charge in [-0.1, -0.05) is 6.07 Å². The first kappa shape index (κ1) is 18.6. The minimum Gasteiger partial charge on any atom is -0.493 e. The third-order valence-corrected chi connectivity index (χ3v) is 3.65. The molecule has 1 aromatic carbocycles. The first-order valence-electron chi connectivity index (χ1n) is 8.17. The molecule has 2 N–H and O–H groups in total. The van der Waals surface area contributed by atoms with Crippen molar-refractivity contribution < 1.29 is 23.8 Å². The molecule has 0 fully saturated rings. The largest absolute Gasteiger partial charge is 0.493 e. The summed E-state index contributed by atoms with van der Waals surface area (Å²) in [6.07, 6.45) is -0.263. The molecule has 2 rings (SSSR count). The number of benzene rings is 1. The van der Waals surface area contributed by atoms with Gasteiger partial charge in [-0.15, -0.1) is 0 Å². The second-order valence-corrected chi connectivity index (χ2v) is 5.87. The van der Waals surface area contributed by atoms with Gasteiger partial charge in [-0.2, -0.15) is 0 Å². The van der Waals surface area contributed by atoms with Crippen LogP contribution < -0.4 is 20.1 Å². The van der Waals surface area contributed by atoms with Gasteiger partial charge in [0.05, 0.1) is 31.4 Å². The van der Waals surface area contributed by atoms with E-state index < -0.39 is 12.0 Å². The molecular formula is C18H24N2O5. The van der Waals surface area contributed by atoms with E-state index in [-0.39, 0.29) is 12.1 Å². The lowest BCUT2D eigenvalue weighted by molar-refractivity contribution is -0.143. The average molecular weight is 348 g/mol.